The highest BCUT2D eigenvalue weighted by Crippen LogP contribution is 2.12. The smallest absolute Gasteiger partial charge is 0.222 e. The van der Waals surface area contributed by atoms with Crippen molar-refractivity contribution in [1.29, 1.82) is 0 Å². The van der Waals surface area contributed by atoms with Gasteiger partial charge in [-0.1, -0.05) is 39.5 Å². The Bertz CT molecular complexity index is 355. The van der Waals surface area contributed by atoms with Crippen LogP contribution in [0.2, 0.25) is 0 Å². The van der Waals surface area contributed by atoms with Gasteiger partial charge < -0.3 is 11.1 Å². The maximum absolute atomic E-state index is 13.2. The van der Waals surface area contributed by atoms with Crippen molar-refractivity contribution in [3.05, 3.63) is 12.0 Å². The quantitative estimate of drug-likeness (QED) is 0.699. The van der Waals surface area contributed by atoms with Crippen LogP contribution in [0.25, 0.3) is 0 Å². The molecule has 0 bridgehead atoms. The first-order valence-electron chi connectivity index (χ1n) is 6.61. The van der Waals surface area contributed by atoms with Crippen LogP contribution < -0.4 is 11.1 Å². The van der Waals surface area contributed by atoms with Crippen LogP contribution in [0.15, 0.2) is 6.20 Å². The molecule has 0 aliphatic rings. The Morgan fingerprint density at radius 1 is 1.28 bits per heavy atom. The number of nitrogens with two attached hydrogens (primary N) is 1. The number of anilines is 2. The number of hydrogen-bond acceptors (Lipinski definition) is 4. The van der Waals surface area contributed by atoms with E-state index in [1.54, 1.807) is 0 Å². The SMILES string of the molecule is CC(C)CCCCCCNc1nc(N)ncc1F. The zero-order chi connectivity index (χ0) is 13.4. The molecule has 0 amide bonds. The van der Waals surface area contributed by atoms with Crippen LogP contribution >= 0.6 is 0 Å². The second kappa shape index (κ2) is 7.84. The van der Waals surface area contributed by atoms with Gasteiger partial charge in [0.1, 0.15) is 0 Å². The molecule has 0 aliphatic heterocycles. The Hall–Kier alpha value is -1.39. The van der Waals surface area contributed by atoms with Crippen LogP contribution in [-0.2, 0) is 0 Å². The van der Waals surface area contributed by atoms with Gasteiger partial charge in [-0.15, -0.1) is 0 Å². The van der Waals surface area contributed by atoms with E-state index in [9.17, 15) is 4.39 Å². The molecule has 1 aromatic heterocycles. The highest BCUT2D eigenvalue weighted by atomic mass is 19.1. The summed E-state index contributed by atoms with van der Waals surface area (Å²) in [6, 6.07) is 0. The van der Waals surface area contributed by atoms with E-state index in [0.717, 1.165) is 31.5 Å². The van der Waals surface area contributed by atoms with Gasteiger partial charge in [0, 0.05) is 6.54 Å². The molecule has 0 unspecified atom stereocenters. The van der Waals surface area contributed by atoms with Crippen molar-refractivity contribution in [3.8, 4) is 0 Å². The summed E-state index contributed by atoms with van der Waals surface area (Å²) in [6.45, 7) is 5.20. The Balaban J connectivity index is 2.12. The maximum Gasteiger partial charge on any atom is 0.222 e. The summed E-state index contributed by atoms with van der Waals surface area (Å²) in [5.74, 6) is 0.616. The molecular formula is C13H23FN4. The Labute approximate surface area is 108 Å². The van der Waals surface area contributed by atoms with Crippen LogP contribution in [-0.4, -0.2) is 16.5 Å². The van der Waals surface area contributed by atoms with Crippen molar-refractivity contribution in [1.82, 2.24) is 9.97 Å². The fourth-order valence-electron chi connectivity index (χ4n) is 1.74. The summed E-state index contributed by atoms with van der Waals surface area (Å²) < 4.78 is 13.2. The first kappa shape index (κ1) is 14.7. The Kier molecular flexibility index (Phi) is 6.39. The van der Waals surface area contributed by atoms with Gasteiger partial charge in [-0.2, -0.15) is 4.98 Å². The Morgan fingerprint density at radius 2 is 2.00 bits per heavy atom. The van der Waals surface area contributed by atoms with Crippen molar-refractivity contribution in [2.45, 2.75) is 46.0 Å². The summed E-state index contributed by atoms with van der Waals surface area (Å²) >= 11 is 0. The van der Waals surface area contributed by atoms with Crippen LogP contribution in [0.3, 0.4) is 0 Å². The van der Waals surface area contributed by atoms with Gasteiger partial charge in [0.15, 0.2) is 11.6 Å². The topological polar surface area (TPSA) is 63.8 Å². The number of nitrogens with one attached hydrogen (secondary N) is 1. The van der Waals surface area contributed by atoms with E-state index in [0.29, 0.717) is 0 Å². The lowest BCUT2D eigenvalue weighted by Gasteiger charge is -2.07. The van der Waals surface area contributed by atoms with E-state index in [1.807, 2.05) is 0 Å². The highest BCUT2D eigenvalue weighted by Gasteiger charge is 2.03. The monoisotopic (exact) mass is 254 g/mol. The molecule has 1 heterocycles. The second-order valence-electron chi connectivity index (χ2n) is 4.95. The summed E-state index contributed by atoms with van der Waals surface area (Å²) in [5.41, 5.74) is 5.40. The van der Waals surface area contributed by atoms with Crippen LogP contribution in [0.5, 0.6) is 0 Å². The lowest BCUT2D eigenvalue weighted by molar-refractivity contribution is 0.522. The summed E-state index contributed by atoms with van der Waals surface area (Å²) in [5, 5.41) is 2.95. The van der Waals surface area contributed by atoms with E-state index < -0.39 is 5.82 Å². The van der Waals surface area contributed by atoms with E-state index in [1.165, 1.54) is 19.3 Å². The van der Waals surface area contributed by atoms with Gasteiger partial charge in [-0.05, 0) is 12.3 Å². The molecular weight excluding hydrogens is 231 g/mol. The van der Waals surface area contributed by atoms with E-state index in [2.05, 4.69) is 29.1 Å². The molecule has 4 nitrogen and oxygen atoms in total. The minimum Gasteiger partial charge on any atom is -0.368 e. The van der Waals surface area contributed by atoms with E-state index in [-0.39, 0.29) is 11.8 Å². The standard InChI is InChI=1S/C13H23FN4/c1-10(2)7-5-3-4-6-8-16-12-11(14)9-17-13(15)18-12/h9-10H,3-8H2,1-2H3,(H3,15,16,17,18). The van der Waals surface area contributed by atoms with Crippen molar-refractivity contribution in [2.24, 2.45) is 5.92 Å². The van der Waals surface area contributed by atoms with Crippen LogP contribution in [0.4, 0.5) is 16.2 Å². The predicted octanol–water partition coefficient (Wildman–Crippen LogP) is 3.22. The average molecular weight is 254 g/mol. The van der Waals surface area contributed by atoms with Gasteiger partial charge in [0.25, 0.3) is 0 Å². The van der Waals surface area contributed by atoms with Gasteiger partial charge in [-0.25, -0.2) is 9.37 Å². The normalized spacial score (nSPS) is 10.9. The number of nitrogens with zero attached hydrogens (tertiary/aromatic N) is 2. The molecule has 3 N–H and O–H groups in total. The molecule has 5 heteroatoms. The lowest BCUT2D eigenvalue weighted by atomic mass is 10.0. The molecule has 0 aliphatic carbocycles. The zero-order valence-electron chi connectivity index (χ0n) is 11.2. The number of hydrogen-bond donors (Lipinski definition) is 2. The third kappa shape index (κ3) is 5.80. The van der Waals surface area contributed by atoms with Crippen LogP contribution in [0.1, 0.15) is 46.0 Å². The predicted molar refractivity (Wildman–Crippen MR) is 72.8 cm³/mol. The van der Waals surface area contributed by atoms with Crippen LogP contribution in [0, 0.1) is 11.7 Å². The molecule has 0 saturated heterocycles. The van der Waals surface area contributed by atoms with Gasteiger partial charge in [0.2, 0.25) is 5.95 Å². The van der Waals surface area contributed by atoms with Gasteiger partial charge in [0.05, 0.1) is 6.20 Å². The minimum absolute atomic E-state index is 0.0934. The average Bonchev–Trinajstić information content (AvgIpc) is 2.32. The molecule has 0 radical (unpaired) electrons. The molecule has 0 fully saturated rings. The number of halogens is 1. The molecule has 1 rings (SSSR count). The fraction of sp³-hybridized carbons (Fsp3) is 0.692. The van der Waals surface area contributed by atoms with Crippen molar-refractivity contribution in [3.63, 3.8) is 0 Å². The number of aromatic nitrogens is 2. The van der Waals surface area contributed by atoms with Crippen molar-refractivity contribution in [2.75, 3.05) is 17.6 Å². The first-order chi connectivity index (χ1) is 8.59. The molecule has 18 heavy (non-hydrogen) atoms. The van der Waals surface area contributed by atoms with Gasteiger partial charge in [-0.3, -0.25) is 0 Å². The van der Waals surface area contributed by atoms with E-state index in [4.69, 9.17) is 5.73 Å². The minimum atomic E-state index is -0.455. The van der Waals surface area contributed by atoms with Crippen molar-refractivity contribution >= 4 is 11.8 Å². The first-order valence-corrected chi connectivity index (χ1v) is 6.61. The molecule has 0 spiro atoms. The Morgan fingerprint density at radius 3 is 2.72 bits per heavy atom. The second-order valence-corrected chi connectivity index (χ2v) is 4.95. The molecule has 0 aromatic carbocycles. The molecule has 1 aromatic rings. The summed E-state index contributed by atoms with van der Waals surface area (Å²) in [4.78, 5) is 7.39. The third-order valence-electron chi connectivity index (χ3n) is 2.76. The van der Waals surface area contributed by atoms with Gasteiger partial charge >= 0.3 is 0 Å². The molecule has 0 saturated carbocycles. The molecule has 0 atom stereocenters. The third-order valence-corrected chi connectivity index (χ3v) is 2.76. The van der Waals surface area contributed by atoms with Crippen molar-refractivity contribution < 1.29 is 4.39 Å². The number of rotatable bonds is 8. The lowest BCUT2D eigenvalue weighted by Crippen LogP contribution is -2.08. The fourth-order valence-corrected chi connectivity index (χ4v) is 1.74. The number of nitrogen functional groups attached to an aromatic ring is 1. The largest absolute Gasteiger partial charge is 0.368 e. The summed E-state index contributed by atoms with van der Waals surface area (Å²) in [7, 11) is 0. The highest BCUT2D eigenvalue weighted by molar-refractivity contribution is 5.38. The molecule has 102 valence electrons. The maximum atomic E-state index is 13.2. The number of unbranched alkanes of at least 4 members (excludes halogenated alkanes) is 3. The zero-order valence-corrected chi connectivity index (χ0v) is 11.2. The summed E-state index contributed by atoms with van der Waals surface area (Å²) in [6.07, 6.45) is 7.04. The van der Waals surface area contributed by atoms with E-state index >= 15 is 0 Å².